The molecular weight excluding hydrogens is 286 g/mol. The zero-order valence-electron chi connectivity index (χ0n) is 15.4. The van der Waals surface area contributed by atoms with E-state index in [9.17, 15) is 0 Å². The summed E-state index contributed by atoms with van der Waals surface area (Å²) in [6, 6.07) is 0. The maximum Gasteiger partial charge on any atom is 0.0702 e. The van der Waals surface area contributed by atoms with E-state index in [4.69, 9.17) is 4.74 Å². The monoisotopic (exact) mass is 323 g/mol. The van der Waals surface area contributed by atoms with E-state index in [2.05, 4.69) is 28.8 Å². The van der Waals surface area contributed by atoms with Gasteiger partial charge in [0, 0.05) is 13.1 Å². The lowest BCUT2D eigenvalue weighted by atomic mass is 9.71. The second-order valence-electron chi connectivity index (χ2n) is 8.40. The molecule has 0 aromatic rings. The van der Waals surface area contributed by atoms with Crippen LogP contribution < -0.4 is 0 Å². The zero-order chi connectivity index (χ0) is 16.1. The summed E-state index contributed by atoms with van der Waals surface area (Å²) in [5, 5.41) is 0. The Morgan fingerprint density at radius 2 is 1.57 bits per heavy atom. The number of unbranched alkanes of at least 4 members (excludes halogenated alkanes) is 1. The molecule has 3 rings (SSSR count). The van der Waals surface area contributed by atoms with E-state index >= 15 is 0 Å². The van der Waals surface area contributed by atoms with E-state index in [1.165, 1.54) is 77.7 Å². The van der Waals surface area contributed by atoms with Crippen LogP contribution in [-0.4, -0.2) is 87.3 Å². The van der Waals surface area contributed by atoms with Gasteiger partial charge in [-0.3, -0.25) is 0 Å². The molecule has 0 amide bonds. The minimum Gasteiger partial charge on any atom is -0.376 e. The summed E-state index contributed by atoms with van der Waals surface area (Å²) < 4.78 is 5.86. The highest BCUT2D eigenvalue weighted by Crippen LogP contribution is 2.40. The van der Waals surface area contributed by atoms with Gasteiger partial charge < -0.3 is 19.4 Å². The van der Waals surface area contributed by atoms with E-state index < -0.39 is 0 Å². The Hall–Kier alpha value is -0.160. The van der Waals surface area contributed by atoms with Crippen LogP contribution in [0, 0.1) is 5.41 Å². The third kappa shape index (κ3) is 5.15. The zero-order valence-corrected chi connectivity index (χ0v) is 15.4. The van der Waals surface area contributed by atoms with Crippen LogP contribution in [0.15, 0.2) is 0 Å². The van der Waals surface area contributed by atoms with Crippen LogP contribution in [0.1, 0.15) is 44.9 Å². The molecule has 0 N–H and O–H groups in total. The van der Waals surface area contributed by atoms with Crippen molar-refractivity contribution in [3.63, 3.8) is 0 Å². The van der Waals surface area contributed by atoms with Crippen LogP contribution in [-0.2, 0) is 4.74 Å². The molecule has 3 heterocycles. The van der Waals surface area contributed by atoms with Gasteiger partial charge in [-0.2, -0.15) is 0 Å². The van der Waals surface area contributed by atoms with Gasteiger partial charge in [-0.1, -0.05) is 0 Å². The Balaban J connectivity index is 1.27. The molecule has 3 aliphatic rings. The molecule has 0 aliphatic carbocycles. The van der Waals surface area contributed by atoms with Crippen LogP contribution in [0.4, 0.5) is 0 Å². The summed E-state index contributed by atoms with van der Waals surface area (Å²) in [6.07, 6.45) is 10.2. The fourth-order valence-electron chi connectivity index (χ4n) is 4.59. The Kier molecular flexibility index (Phi) is 6.36. The van der Waals surface area contributed by atoms with Gasteiger partial charge in [0.05, 0.1) is 12.7 Å². The van der Waals surface area contributed by atoms with Crippen molar-refractivity contribution in [3.05, 3.63) is 0 Å². The van der Waals surface area contributed by atoms with Gasteiger partial charge >= 0.3 is 0 Å². The van der Waals surface area contributed by atoms with Gasteiger partial charge in [0.15, 0.2) is 0 Å². The van der Waals surface area contributed by atoms with Crippen molar-refractivity contribution in [2.75, 3.05) is 66.5 Å². The van der Waals surface area contributed by atoms with Crippen LogP contribution in [0.25, 0.3) is 0 Å². The molecule has 0 radical (unpaired) electrons. The molecule has 4 heteroatoms. The lowest BCUT2D eigenvalue weighted by molar-refractivity contribution is -0.0247. The Labute approximate surface area is 143 Å². The molecule has 3 aliphatic heterocycles. The minimum absolute atomic E-state index is 0.484. The summed E-state index contributed by atoms with van der Waals surface area (Å²) in [5.74, 6) is 0. The summed E-state index contributed by atoms with van der Waals surface area (Å²) in [5.41, 5.74) is 0.698. The second-order valence-corrected chi connectivity index (χ2v) is 8.40. The fraction of sp³-hybridized carbons (Fsp3) is 1.00. The molecule has 3 saturated heterocycles. The first kappa shape index (κ1) is 17.7. The molecule has 0 unspecified atom stereocenters. The number of likely N-dealkylation sites (N-methyl/N-ethyl adjacent to an activating group) is 1. The average Bonchev–Trinajstić information content (AvgIpc) is 2.56. The highest BCUT2D eigenvalue weighted by molar-refractivity contribution is 4.90. The largest absolute Gasteiger partial charge is 0.376 e. The topological polar surface area (TPSA) is 19.0 Å². The number of ether oxygens (including phenoxy) is 1. The Morgan fingerprint density at radius 1 is 0.870 bits per heavy atom. The number of hydrogen-bond acceptors (Lipinski definition) is 4. The SMILES string of the molecule is CN1CCC2(CC1)CCN(CCCC[C@@H]1CN(C)CCO1)CC2. The third-order valence-corrected chi connectivity index (χ3v) is 6.56. The van der Waals surface area contributed by atoms with Crippen molar-refractivity contribution in [1.29, 1.82) is 0 Å². The smallest absolute Gasteiger partial charge is 0.0702 e. The van der Waals surface area contributed by atoms with E-state index in [1.54, 1.807) is 0 Å². The summed E-state index contributed by atoms with van der Waals surface area (Å²) in [4.78, 5) is 7.62. The van der Waals surface area contributed by atoms with Gasteiger partial charge in [0.2, 0.25) is 0 Å². The predicted molar refractivity (Wildman–Crippen MR) is 95.9 cm³/mol. The van der Waals surface area contributed by atoms with Crippen molar-refractivity contribution in [2.45, 2.75) is 51.0 Å². The van der Waals surface area contributed by atoms with Crippen LogP contribution in [0.3, 0.4) is 0 Å². The van der Waals surface area contributed by atoms with E-state index in [-0.39, 0.29) is 0 Å². The minimum atomic E-state index is 0.484. The highest BCUT2D eigenvalue weighted by atomic mass is 16.5. The van der Waals surface area contributed by atoms with E-state index in [1.807, 2.05) is 0 Å². The van der Waals surface area contributed by atoms with Crippen molar-refractivity contribution >= 4 is 0 Å². The molecule has 0 bridgehead atoms. The van der Waals surface area contributed by atoms with Gasteiger partial charge in [0.1, 0.15) is 0 Å². The van der Waals surface area contributed by atoms with E-state index in [0.717, 1.165) is 19.7 Å². The van der Waals surface area contributed by atoms with Crippen LogP contribution in [0.5, 0.6) is 0 Å². The molecule has 1 atom stereocenters. The molecule has 3 fully saturated rings. The molecule has 23 heavy (non-hydrogen) atoms. The first-order valence-corrected chi connectivity index (χ1v) is 9.86. The standard InChI is InChI=1S/C19H37N3O/c1-20-11-6-19(7-12-20)8-13-22(14-9-19)10-4-3-5-18-17-21(2)15-16-23-18/h18H,3-17H2,1-2H3/t18-/m1/s1. The number of hydrogen-bond donors (Lipinski definition) is 0. The lowest BCUT2D eigenvalue weighted by Crippen LogP contribution is -2.46. The fourth-order valence-corrected chi connectivity index (χ4v) is 4.59. The molecule has 0 aromatic carbocycles. The molecule has 1 spiro atoms. The summed E-state index contributed by atoms with van der Waals surface area (Å²) in [6.45, 7) is 9.76. The molecule has 134 valence electrons. The van der Waals surface area contributed by atoms with Gasteiger partial charge in [-0.15, -0.1) is 0 Å². The maximum atomic E-state index is 5.86. The predicted octanol–water partition coefficient (Wildman–Crippen LogP) is 2.30. The van der Waals surface area contributed by atoms with Gasteiger partial charge in [0.25, 0.3) is 0 Å². The Bertz CT molecular complexity index is 345. The Morgan fingerprint density at radius 3 is 2.26 bits per heavy atom. The molecule has 0 aromatic heterocycles. The number of nitrogens with zero attached hydrogens (tertiary/aromatic N) is 3. The molecule has 0 saturated carbocycles. The van der Waals surface area contributed by atoms with Gasteiger partial charge in [-0.05, 0) is 97.2 Å². The van der Waals surface area contributed by atoms with Crippen LogP contribution >= 0.6 is 0 Å². The first-order chi connectivity index (χ1) is 11.2. The second kappa shape index (κ2) is 8.28. The summed E-state index contributed by atoms with van der Waals surface area (Å²) in [7, 11) is 4.48. The first-order valence-electron chi connectivity index (χ1n) is 9.86. The number of morpholine rings is 1. The van der Waals surface area contributed by atoms with Crippen molar-refractivity contribution in [2.24, 2.45) is 5.41 Å². The van der Waals surface area contributed by atoms with Crippen molar-refractivity contribution in [3.8, 4) is 0 Å². The number of rotatable bonds is 5. The number of likely N-dealkylation sites (tertiary alicyclic amines) is 2. The van der Waals surface area contributed by atoms with Crippen molar-refractivity contribution < 1.29 is 4.74 Å². The number of piperidine rings is 2. The quantitative estimate of drug-likeness (QED) is 0.723. The maximum absolute atomic E-state index is 5.86. The third-order valence-electron chi connectivity index (χ3n) is 6.56. The van der Waals surface area contributed by atoms with Gasteiger partial charge in [-0.25, -0.2) is 0 Å². The lowest BCUT2D eigenvalue weighted by Gasteiger charge is -2.46. The van der Waals surface area contributed by atoms with Crippen LogP contribution in [0.2, 0.25) is 0 Å². The van der Waals surface area contributed by atoms with Crippen molar-refractivity contribution in [1.82, 2.24) is 14.7 Å². The highest BCUT2D eigenvalue weighted by Gasteiger charge is 2.36. The molecular formula is C19H37N3O. The molecule has 4 nitrogen and oxygen atoms in total. The van der Waals surface area contributed by atoms with E-state index in [0.29, 0.717) is 11.5 Å². The normalized spacial score (nSPS) is 30.8. The summed E-state index contributed by atoms with van der Waals surface area (Å²) >= 11 is 0. The average molecular weight is 324 g/mol.